The molecule has 5 atom stereocenters. The summed E-state index contributed by atoms with van der Waals surface area (Å²) in [4.78, 5) is 2.60. The Morgan fingerprint density at radius 3 is 2.13 bits per heavy atom. The van der Waals surface area contributed by atoms with Crippen LogP contribution in [0.2, 0.25) is 0 Å². The summed E-state index contributed by atoms with van der Waals surface area (Å²) in [6.45, 7) is 0. The van der Waals surface area contributed by atoms with Gasteiger partial charge in [0.25, 0.3) is 0 Å². The minimum absolute atomic E-state index is 0.0989. The van der Waals surface area contributed by atoms with E-state index in [2.05, 4.69) is 167 Å². The second kappa shape index (κ2) is 11.2. The average Bonchev–Trinajstić information content (AvgIpc) is 3.61. The molecule has 53 heavy (non-hydrogen) atoms. The van der Waals surface area contributed by atoms with E-state index in [0.717, 1.165) is 11.8 Å². The molecular formula is C51H42N2. The topological polar surface area (TPSA) is 8.17 Å². The number of rotatable bonds is 4. The molecule has 4 bridgehead atoms. The maximum atomic E-state index is 2.60. The summed E-state index contributed by atoms with van der Waals surface area (Å²) in [7, 11) is 0. The molecule has 0 saturated heterocycles. The van der Waals surface area contributed by atoms with Crippen LogP contribution in [0.5, 0.6) is 0 Å². The van der Waals surface area contributed by atoms with E-state index < -0.39 is 0 Å². The largest absolute Gasteiger partial charge is 0.309 e. The molecule has 4 saturated carbocycles. The quantitative estimate of drug-likeness (QED) is 0.179. The standard InChI is InChI=1S/C51H42N2/c1-2-14-38(15-3-1)52-47-21-9-7-17-41(47)42-27-26-39(32-49(42)52)53(46-22-10-13-35-12-4-5-16-40(35)46)48-23-11-20-45-50(48)43-18-6-8-19-44(43)51(45)36-25-24-33-28-34(30-36)31-37(51)29-33/h1-23,26-27,32-34,36-37H,24-25,28-31H2. The number of anilines is 3. The molecule has 256 valence electrons. The summed E-state index contributed by atoms with van der Waals surface area (Å²) >= 11 is 0. The maximum absolute atomic E-state index is 2.60. The first-order valence-corrected chi connectivity index (χ1v) is 19.9. The van der Waals surface area contributed by atoms with E-state index in [0.29, 0.717) is 11.8 Å². The minimum Gasteiger partial charge on any atom is -0.309 e. The zero-order valence-corrected chi connectivity index (χ0v) is 30.0. The van der Waals surface area contributed by atoms with Crippen molar-refractivity contribution in [1.82, 2.24) is 4.57 Å². The van der Waals surface area contributed by atoms with Crippen LogP contribution in [-0.2, 0) is 5.41 Å². The molecule has 5 aliphatic carbocycles. The maximum Gasteiger partial charge on any atom is 0.0561 e. The van der Waals surface area contributed by atoms with Gasteiger partial charge < -0.3 is 9.47 Å². The zero-order valence-electron chi connectivity index (χ0n) is 30.0. The smallest absolute Gasteiger partial charge is 0.0561 e. The first-order valence-electron chi connectivity index (χ1n) is 19.9. The fourth-order valence-corrected chi connectivity index (χ4v) is 12.3. The molecule has 1 heterocycles. The van der Waals surface area contributed by atoms with Gasteiger partial charge in [-0.1, -0.05) is 122 Å². The van der Waals surface area contributed by atoms with Gasteiger partial charge in [-0.2, -0.15) is 0 Å². The van der Waals surface area contributed by atoms with Crippen LogP contribution >= 0.6 is 0 Å². The van der Waals surface area contributed by atoms with Crippen molar-refractivity contribution in [3.63, 3.8) is 0 Å². The van der Waals surface area contributed by atoms with Gasteiger partial charge in [0.05, 0.1) is 22.4 Å². The number of hydrogen-bond acceptors (Lipinski definition) is 1. The molecule has 5 aliphatic rings. The number of fused-ring (bicyclic) bond motifs is 8. The van der Waals surface area contributed by atoms with Crippen molar-refractivity contribution in [1.29, 1.82) is 0 Å². The highest BCUT2D eigenvalue weighted by molar-refractivity contribution is 6.11. The van der Waals surface area contributed by atoms with E-state index >= 15 is 0 Å². The third kappa shape index (κ3) is 4.10. The van der Waals surface area contributed by atoms with Gasteiger partial charge in [0, 0.05) is 38.5 Å². The lowest BCUT2D eigenvalue weighted by atomic mass is 9.51. The molecule has 4 fully saturated rings. The first kappa shape index (κ1) is 29.9. The van der Waals surface area contributed by atoms with Crippen LogP contribution in [-0.4, -0.2) is 4.57 Å². The lowest BCUT2D eigenvalue weighted by molar-refractivity contribution is 0.0618. The molecule has 8 aromatic rings. The molecule has 2 nitrogen and oxygen atoms in total. The fraction of sp³-hybridized carbons (Fsp3) is 0.216. The highest BCUT2D eigenvalue weighted by Gasteiger charge is 2.60. The van der Waals surface area contributed by atoms with Crippen molar-refractivity contribution < 1.29 is 0 Å². The van der Waals surface area contributed by atoms with E-state index in [-0.39, 0.29) is 5.41 Å². The van der Waals surface area contributed by atoms with E-state index in [1.54, 1.807) is 11.1 Å². The Morgan fingerprint density at radius 1 is 0.491 bits per heavy atom. The Labute approximate surface area is 311 Å². The van der Waals surface area contributed by atoms with Crippen LogP contribution in [0.1, 0.15) is 49.7 Å². The average molecular weight is 683 g/mol. The number of benzene rings is 7. The predicted molar refractivity (Wildman–Crippen MR) is 221 cm³/mol. The molecule has 0 N–H and O–H groups in total. The zero-order chi connectivity index (χ0) is 34.7. The van der Waals surface area contributed by atoms with Crippen molar-refractivity contribution in [2.24, 2.45) is 23.7 Å². The second-order valence-electron chi connectivity index (χ2n) is 16.5. The Hall–Kier alpha value is -5.60. The van der Waals surface area contributed by atoms with Gasteiger partial charge in [0.15, 0.2) is 0 Å². The SMILES string of the molecule is c1ccc(-n2c3ccccc3c3ccc(N(c4cccc5c4-c4ccccc4C54C5CCC6CC(C5)CC4C6)c4cccc5ccccc45)cc32)cc1. The van der Waals surface area contributed by atoms with Gasteiger partial charge in [-0.05, 0) is 120 Å². The molecule has 13 rings (SSSR count). The number of aromatic nitrogens is 1. The Balaban J connectivity index is 1.16. The summed E-state index contributed by atoms with van der Waals surface area (Å²) in [5.74, 6) is 3.23. The van der Waals surface area contributed by atoms with Gasteiger partial charge >= 0.3 is 0 Å². The molecule has 0 amide bonds. The Morgan fingerprint density at radius 2 is 1.19 bits per heavy atom. The van der Waals surface area contributed by atoms with Crippen molar-refractivity contribution in [3.05, 3.63) is 169 Å². The molecular weight excluding hydrogens is 641 g/mol. The van der Waals surface area contributed by atoms with Crippen molar-refractivity contribution >= 4 is 49.6 Å². The Kier molecular flexibility index (Phi) is 6.32. The highest BCUT2D eigenvalue weighted by atomic mass is 15.1. The summed E-state index contributed by atoms with van der Waals surface area (Å²) < 4.78 is 2.45. The number of nitrogens with zero attached hydrogens (tertiary/aromatic N) is 2. The normalized spacial score (nSPS) is 23.8. The lowest BCUT2D eigenvalue weighted by Crippen LogP contribution is -2.48. The molecule has 2 heteroatoms. The minimum atomic E-state index is 0.0989. The molecule has 5 unspecified atom stereocenters. The van der Waals surface area contributed by atoms with Gasteiger partial charge in [-0.3, -0.25) is 0 Å². The van der Waals surface area contributed by atoms with Gasteiger partial charge in [-0.25, -0.2) is 0 Å². The first-order chi connectivity index (χ1) is 26.3. The second-order valence-corrected chi connectivity index (χ2v) is 16.5. The van der Waals surface area contributed by atoms with Crippen molar-refractivity contribution in [2.75, 3.05) is 4.90 Å². The molecule has 1 aromatic heterocycles. The number of para-hydroxylation sites is 2. The third-order valence-electron chi connectivity index (χ3n) is 14.0. The van der Waals surface area contributed by atoms with E-state index in [9.17, 15) is 0 Å². The number of hydrogen-bond donors (Lipinski definition) is 0. The van der Waals surface area contributed by atoms with Gasteiger partial charge in [0.2, 0.25) is 0 Å². The summed E-state index contributed by atoms with van der Waals surface area (Å²) in [6.07, 6.45) is 8.41. The van der Waals surface area contributed by atoms with Crippen LogP contribution in [0.4, 0.5) is 17.1 Å². The highest BCUT2D eigenvalue weighted by Crippen LogP contribution is 2.69. The van der Waals surface area contributed by atoms with Crippen LogP contribution in [0.3, 0.4) is 0 Å². The van der Waals surface area contributed by atoms with Crippen LogP contribution in [0.25, 0.3) is 49.4 Å². The van der Waals surface area contributed by atoms with E-state index in [1.165, 1.54) is 105 Å². The predicted octanol–water partition coefficient (Wildman–Crippen LogP) is 13.5. The fourth-order valence-electron chi connectivity index (χ4n) is 12.3. The van der Waals surface area contributed by atoms with Crippen LogP contribution in [0.15, 0.2) is 158 Å². The van der Waals surface area contributed by atoms with Crippen molar-refractivity contribution in [2.45, 2.75) is 43.9 Å². The lowest BCUT2D eigenvalue weighted by Gasteiger charge is -2.53. The summed E-state index contributed by atoms with van der Waals surface area (Å²) in [5, 5.41) is 5.09. The van der Waals surface area contributed by atoms with Crippen molar-refractivity contribution in [3.8, 4) is 16.8 Å². The molecule has 0 radical (unpaired) electrons. The summed E-state index contributed by atoms with van der Waals surface area (Å²) in [5.41, 5.74) is 13.5. The van der Waals surface area contributed by atoms with Crippen LogP contribution in [0, 0.1) is 23.7 Å². The van der Waals surface area contributed by atoms with E-state index in [4.69, 9.17) is 0 Å². The van der Waals surface area contributed by atoms with Gasteiger partial charge in [0.1, 0.15) is 0 Å². The molecule has 1 spiro atoms. The monoisotopic (exact) mass is 682 g/mol. The third-order valence-corrected chi connectivity index (χ3v) is 14.0. The summed E-state index contributed by atoms with van der Waals surface area (Å²) in [6, 6.07) is 59.6. The molecule has 0 aliphatic heterocycles. The van der Waals surface area contributed by atoms with Crippen LogP contribution < -0.4 is 4.90 Å². The van der Waals surface area contributed by atoms with E-state index in [1.807, 2.05) is 0 Å². The Bertz CT molecular complexity index is 2720. The van der Waals surface area contributed by atoms with Gasteiger partial charge in [-0.15, -0.1) is 0 Å². The molecule has 7 aromatic carbocycles.